The zero-order chi connectivity index (χ0) is 23.7. The fraction of sp³-hybridized carbons (Fsp3) is 0.296. The summed E-state index contributed by atoms with van der Waals surface area (Å²) in [5.41, 5.74) is 3.10. The van der Waals surface area contributed by atoms with Gasteiger partial charge in [-0.15, -0.1) is 0 Å². The molecule has 3 aromatic carbocycles. The summed E-state index contributed by atoms with van der Waals surface area (Å²) in [5.74, 6) is 0.00520. The van der Waals surface area contributed by atoms with E-state index >= 15 is 0 Å². The number of nitrogens with one attached hydrogen (secondary N) is 2. The SMILES string of the molecule is C[C@@H](CCc1ccccc1)NC(=O)CCc1ccc(S(=O)(=O)N[C@H](C)c2ccccc2)cc1. The van der Waals surface area contributed by atoms with Gasteiger partial charge in [-0.2, -0.15) is 0 Å². The van der Waals surface area contributed by atoms with Crippen LogP contribution in [-0.4, -0.2) is 20.4 Å². The lowest BCUT2D eigenvalue weighted by Gasteiger charge is -2.15. The molecule has 0 aliphatic rings. The van der Waals surface area contributed by atoms with Crippen LogP contribution in [0, 0.1) is 0 Å². The minimum Gasteiger partial charge on any atom is -0.354 e. The number of aryl methyl sites for hydroxylation is 2. The van der Waals surface area contributed by atoms with Crippen molar-refractivity contribution < 1.29 is 13.2 Å². The topological polar surface area (TPSA) is 75.3 Å². The van der Waals surface area contributed by atoms with Crippen molar-refractivity contribution in [1.82, 2.24) is 10.0 Å². The molecule has 0 radical (unpaired) electrons. The molecular weight excluding hydrogens is 432 g/mol. The van der Waals surface area contributed by atoms with E-state index in [1.54, 1.807) is 24.3 Å². The van der Waals surface area contributed by atoms with Crippen molar-refractivity contribution in [1.29, 1.82) is 0 Å². The average molecular weight is 465 g/mol. The Morgan fingerprint density at radius 3 is 2.00 bits per heavy atom. The molecule has 0 aromatic heterocycles. The van der Waals surface area contributed by atoms with Crippen LogP contribution in [0.5, 0.6) is 0 Å². The van der Waals surface area contributed by atoms with E-state index in [-0.39, 0.29) is 22.9 Å². The molecular formula is C27H32N2O3S. The highest BCUT2D eigenvalue weighted by Gasteiger charge is 2.18. The highest BCUT2D eigenvalue weighted by atomic mass is 32.2. The molecule has 3 rings (SSSR count). The maximum absolute atomic E-state index is 12.7. The van der Waals surface area contributed by atoms with Crippen LogP contribution < -0.4 is 10.0 Å². The lowest BCUT2D eigenvalue weighted by Crippen LogP contribution is -2.33. The standard InChI is InChI=1S/C27H32N2O3S/c1-21(13-14-23-9-5-3-6-10-23)28-27(30)20-17-24-15-18-26(19-16-24)33(31,32)29-22(2)25-11-7-4-8-12-25/h3-12,15-16,18-19,21-22,29H,13-14,17,20H2,1-2H3,(H,28,30)/t21-,22+/m0/s1. The normalized spacial score (nSPS) is 13.3. The minimum absolute atomic E-state index is 0.00520. The summed E-state index contributed by atoms with van der Waals surface area (Å²) in [7, 11) is -3.63. The van der Waals surface area contributed by atoms with Crippen LogP contribution in [0.2, 0.25) is 0 Å². The Labute approximate surface area is 197 Å². The molecule has 33 heavy (non-hydrogen) atoms. The summed E-state index contributed by atoms with van der Waals surface area (Å²) in [6.45, 7) is 3.84. The van der Waals surface area contributed by atoms with Gasteiger partial charge in [0.1, 0.15) is 0 Å². The fourth-order valence-electron chi connectivity index (χ4n) is 3.65. The van der Waals surface area contributed by atoms with E-state index in [2.05, 4.69) is 22.2 Å². The van der Waals surface area contributed by atoms with E-state index in [4.69, 9.17) is 0 Å². The second-order valence-corrected chi connectivity index (χ2v) is 10.1. The van der Waals surface area contributed by atoms with Gasteiger partial charge in [0, 0.05) is 18.5 Å². The molecule has 1 amide bonds. The summed E-state index contributed by atoms with van der Waals surface area (Å²) < 4.78 is 28.1. The number of benzene rings is 3. The molecule has 2 atom stereocenters. The van der Waals surface area contributed by atoms with Gasteiger partial charge >= 0.3 is 0 Å². The summed E-state index contributed by atoms with van der Waals surface area (Å²) in [5, 5.41) is 3.05. The van der Waals surface area contributed by atoms with Gasteiger partial charge in [0.2, 0.25) is 15.9 Å². The van der Waals surface area contributed by atoms with Crippen molar-refractivity contribution in [2.75, 3.05) is 0 Å². The van der Waals surface area contributed by atoms with Crippen LogP contribution in [0.3, 0.4) is 0 Å². The zero-order valence-electron chi connectivity index (χ0n) is 19.2. The van der Waals surface area contributed by atoms with E-state index in [1.807, 2.05) is 62.4 Å². The molecule has 174 valence electrons. The van der Waals surface area contributed by atoms with Gasteiger partial charge < -0.3 is 5.32 Å². The van der Waals surface area contributed by atoms with Gasteiger partial charge in [0.15, 0.2) is 0 Å². The first-order valence-corrected chi connectivity index (χ1v) is 12.8. The molecule has 6 heteroatoms. The number of hydrogen-bond acceptors (Lipinski definition) is 3. The fourth-order valence-corrected chi connectivity index (χ4v) is 4.88. The van der Waals surface area contributed by atoms with E-state index in [1.165, 1.54) is 5.56 Å². The van der Waals surface area contributed by atoms with Crippen LogP contribution in [0.4, 0.5) is 0 Å². The third-order valence-electron chi connectivity index (χ3n) is 5.62. The average Bonchev–Trinajstić information content (AvgIpc) is 2.82. The number of hydrogen-bond donors (Lipinski definition) is 2. The van der Waals surface area contributed by atoms with E-state index < -0.39 is 10.0 Å². The molecule has 5 nitrogen and oxygen atoms in total. The smallest absolute Gasteiger partial charge is 0.241 e. The van der Waals surface area contributed by atoms with Crippen molar-refractivity contribution >= 4 is 15.9 Å². The third kappa shape index (κ3) is 7.84. The van der Waals surface area contributed by atoms with Crippen molar-refractivity contribution in [3.05, 3.63) is 102 Å². The lowest BCUT2D eigenvalue weighted by atomic mass is 10.1. The Kier molecular flexibility index (Phi) is 8.80. The van der Waals surface area contributed by atoms with Crippen LogP contribution >= 0.6 is 0 Å². The summed E-state index contributed by atoms with van der Waals surface area (Å²) in [4.78, 5) is 12.5. The predicted molar refractivity (Wildman–Crippen MR) is 132 cm³/mol. The van der Waals surface area contributed by atoms with E-state index in [0.717, 1.165) is 24.0 Å². The molecule has 0 saturated heterocycles. The van der Waals surface area contributed by atoms with Crippen molar-refractivity contribution in [2.45, 2.75) is 56.5 Å². The quantitative estimate of drug-likeness (QED) is 0.428. The summed E-state index contributed by atoms with van der Waals surface area (Å²) in [6.07, 6.45) is 2.74. The molecule has 0 heterocycles. The highest BCUT2D eigenvalue weighted by Crippen LogP contribution is 2.17. The van der Waals surface area contributed by atoms with Gasteiger partial charge in [-0.25, -0.2) is 13.1 Å². The van der Waals surface area contributed by atoms with Crippen LogP contribution in [0.1, 0.15) is 49.4 Å². The zero-order valence-corrected chi connectivity index (χ0v) is 20.0. The molecule has 2 N–H and O–H groups in total. The first kappa shape index (κ1) is 24.7. The third-order valence-corrected chi connectivity index (χ3v) is 7.18. The summed E-state index contributed by atoms with van der Waals surface area (Å²) >= 11 is 0. The van der Waals surface area contributed by atoms with Gasteiger partial charge in [-0.1, -0.05) is 72.8 Å². The van der Waals surface area contributed by atoms with Crippen molar-refractivity contribution in [3.63, 3.8) is 0 Å². The first-order valence-electron chi connectivity index (χ1n) is 11.3. The van der Waals surface area contributed by atoms with Gasteiger partial charge in [-0.3, -0.25) is 4.79 Å². The number of sulfonamides is 1. The van der Waals surface area contributed by atoms with E-state index in [0.29, 0.717) is 12.8 Å². The Morgan fingerprint density at radius 2 is 1.36 bits per heavy atom. The lowest BCUT2D eigenvalue weighted by molar-refractivity contribution is -0.121. The molecule has 0 bridgehead atoms. The molecule has 0 saturated carbocycles. The molecule has 0 fully saturated rings. The molecule has 0 aliphatic carbocycles. The van der Waals surface area contributed by atoms with Gasteiger partial charge in [0.05, 0.1) is 4.90 Å². The monoisotopic (exact) mass is 464 g/mol. The highest BCUT2D eigenvalue weighted by molar-refractivity contribution is 7.89. The van der Waals surface area contributed by atoms with Gasteiger partial charge in [-0.05, 0) is 61.9 Å². The number of carbonyl (C=O) groups excluding carboxylic acids is 1. The Bertz CT molecular complexity index is 1120. The Morgan fingerprint density at radius 1 is 0.788 bits per heavy atom. The number of amides is 1. The van der Waals surface area contributed by atoms with Crippen LogP contribution in [0.15, 0.2) is 89.8 Å². The largest absolute Gasteiger partial charge is 0.354 e. The summed E-state index contributed by atoms with van der Waals surface area (Å²) in [6, 6.07) is 26.2. The number of rotatable bonds is 11. The molecule has 3 aromatic rings. The second-order valence-electron chi connectivity index (χ2n) is 8.39. The predicted octanol–water partition coefficient (Wildman–Crippen LogP) is 4.80. The molecule has 0 unspecified atom stereocenters. The maximum Gasteiger partial charge on any atom is 0.241 e. The van der Waals surface area contributed by atoms with Crippen molar-refractivity contribution in [3.8, 4) is 0 Å². The minimum atomic E-state index is -3.63. The Balaban J connectivity index is 1.46. The molecule has 0 spiro atoms. The van der Waals surface area contributed by atoms with Crippen LogP contribution in [0.25, 0.3) is 0 Å². The second kappa shape index (κ2) is 11.8. The maximum atomic E-state index is 12.7. The number of carbonyl (C=O) groups is 1. The van der Waals surface area contributed by atoms with Gasteiger partial charge in [0.25, 0.3) is 0 Å². The molecule has 0 aliphatic heterocycles. The first-order chi connectivity index (χ1) is 15.8. The Hall–Kier alpha value is -2.96. The van der Waals surface area contributed by atoms with Crippen LogP contribution in [-0.2, 0) is 27.7 Å². The van der Waals surface area contributed by atoms with Crippen molar-refractivity contribution in [2.24, 2.45) is 0 Å². The van der Waals surface area contributed by atoms with E-state index in [9.17, 15) is 13.2 Å².